The van der Waals surface area contributed by atoms with Crippen molar-refractivity contribution < 1.29 is 9.18 Å². The minimum atomic E-state index is -0.612. The molecule has 24 heavy (non-hydrogen) atoms. The molecule has 0 radical (unpaired) electrons. The topological polar surface area (TPSA) is 32.3 Å². The molecular formula is C19H22ClFN2O. The van der Waals surface area contributed by atoms with Crippen LogP contribution in [0.15, 0.2) is 48.5 Å². The maximum Gasteiger partial charge on any atom is 0.254 e. The van der Waals surface area contributed by atoms with Crippen LogP contribution < -0.4 is 5.32 Å². The summed E-state index contributed by atoms with van der Waals surface area (Å²) < 4.78 is 13.9. The van der Waals surface area contributed by atoms with E-state index in [2.05, 4.69) is 24.1 Å². The predicted octanol–water partition coefficient (Wildman–Crippen LogP) is 4.29. The average molecular weight is 349 g/mol. The Kier molecular flexibility index (Phi) is 6.76. The maximum atomic E-state index is 13.9. The summed E-state index contributed by atoms with van der Waals surface area (Å²) in [5.41, 5.74) is 1.13. The molecule has 1 unspecified atom stereocenters. The van der Waals surface area contributed by atoms with E-state index in [0.717, 1.165) is 24.7 Å². The molecule has 0 aliphatic rings. The van der Waals surface area contributed by atoms with Crippen LogP contribution >= 0.6 is 11.6 Å². The first kappa shape index (κ1) is 18.4. The van der Waals surface area contributed by atoms with Gasteiger partial charge >= 0.3 is 0 Å². The Morgan fingerprint density at radius 1 is 1.17 bits per heavy atom. The van der Waals surface area contributed by atoms with E-state index in [1.54, 1.807) is 0 Å². The third-order valence-electron chi connectivity index (χ3n) is 4.07. The lowest BCUT2D eigenvalue weighted by Crippen LogP contribution is -2.38. The molecule has 0 saturated carbocycles. The number of likely N-dealkylation sites (N-methyl/N-ethyl adjacent to an activating group) is 1. The minimum Gasteiger partial charge on any atom is -0.350 e. The summed E-state index contributed by atoms with van der Waals surface area (Å²) in [5, 5.41) is 3.12. The first-order valence-electron chi connectivity index (χ1n) is 8.09. The van der Waals surface area contributed by atoms with Gasteiger partial charge in [0.05, 0.1) is 11.6 Å². The van der Waals surface area contributed by atoms with Crippen LogP contribution in [-0.2, 0) is 0 Å². The number of amides is 1. The summed E-state index contributed by atoms with van der Waals surface area (Å²) in [4.78, 5) is 14.6. The van der Waals surface area contributed by atoms with E-state index in [1.807, 2.05) is 30.3 Å². The molecule has 0 heterocycles. The van der Waals surface area contributed by atoms with Crippen LogP contribution in [0.1, 0.15) is 35.8 Å². The van der Waals surface area contributed by atoms with Gasteiger partial charge in [0.1, 0.15) is 5.82 Å². The van der Waals surface area contributed by atoms with Crippen molar-refractivity contribution in [3.8, 4) is 0 Å². The van der Waals surface area contributed by atoms with Gasteiger partial charge in [0.25, 0.3) is 5.91 Å². The zero-order chi connectivity index (χ0) is 17.5. The molecule has 1 atom stereocenters. The first-order chi connectivity index (χ1) is 11.6. The largest absolute Gasteiger partial charge is 0.350 e. The SMILES string of the molecule is CCN(CC)C(CNC(=O)c1ccc(Cl)cc1F)c1ccccc1. The molecule has 0 aliphatic heterocycles. The van der Waals surface area contributed by atoms with Gasteiger partial charge in [-0.05, 0) is 36.9 Å². The average Bonchev–Trinajstić information content (AvgIpc) is 2.59. The normalized spacial score (nSPS) is 12.2. The van der Waals surface area contributed by atoms with Gasteiger partial charge in [0.15, 0.2) is 0 Å². The number of nitrogens with zero attached hydrogens (tertiary/aromatic N) is 1. The number of benzene rings is 2. The summed E-state index contributed by atoms with van der Waals surface area (Å²) in [6.45, 7) is 6.30. The number of halogens is 2. The lowest BCUT2D eigenvalue weighted by molar-refractivity contribution is 0.0931. The van der Waals surface area contributed by atoms with Gasteiger partial charge in [0, 0.05) is 11.6 Å². The molecule has 0 fully saturated rings. The van der Waals surface area contributed by atoms with Crippen LogP contribution in [0, 0.1) is 5.82 Å². The number of hydrogen-bond acceptors (Lipinski definition) is 2. The smallest absolute Gasteiger partial charge is 0.254 e. The molecule has 0 bridgehead atoms. The predicted molar refractivity (Wildman–Crippen MR) is 95.8 cm³/mol. The van der Waals surface area contributed by atoms with Crippen LogP contribution in [0.25, 0.3) is 0 Å². The molecule has 2 aromatic rings. The van der Waals surface area contributed by atoms with Gasteiger partial charge in [-0.3, -0.25) is 9.69 Å². The van der Waals surface area contributed by atoms with E-state index in [9.17, 15) is 9.18 Å². The Hall–Kier alpha value is -1.91. The highest BCUT2D eigenvalue weighted by molar-refractivity contribution is 6.30. The van der Waals surface area contributed by atoms with Gasteiger partial charge in [-0.1, -0.05) is 55.8 Å². The van der Waals surface area contributed by atoms with Crippen molar-refractivity contribution in [2.75, 3.05) is 19.6 Å². The van der Waals surface area contributed by atoms with Crippen LogP contribution in [0.2, 0.25) is 5.02 Å². The Morgan fingerprint density at radius 3 is 2.42 bits per heavy atom. The molecule has 1 amide bonds. The maximum absolute atomic E-state index is 13.9. The fraction of sp³-hybridized carbons (Fsp3) is 0.316. The van der Waals surface area contributed by atoms with E-state index < -0.39 is 11.7 Å². The van der Waals surface area contributed by atoms with E-state index >= 15 is 0 Å². The van der Waals surface area contributed by atoms with Crippen molar-refractivity contribution >= 4 is 17.5 Å². The first-order valence-corrected chi connectivity index (χ1v) is 8.46. The van der Waals surface area contributed by atoms with Crippen molar-refractivity contribution in [3.05, 3.63) is 70.5 Å². The Morgan fingerprint density at radius 2 is 1.83 bits per heavy atom. The lowest BCUT2D eigenvalue weighted by atomic mass is 10.0. The third-order valence-corrected chi connectivity index (χ3v) is 4.30. The molecule has 2 aromatic carbocycles. The van der Waals surface area contributed by atoms with Crippen molar-refractivity contribution in [1.82, 2.24) is 10.2 Å². The van der Waals surface area contributed by atoms with E-state index in [4.69, 9.17) is 11.6 Å². The van der Waals surface area contributed by atoms with E-state index in [1.165, 1.54) is 12.1 Å². The second-order valence-corrected chi connectivity index (χ2v) is 5.92. The highest BCUT2D eigenvalue weighted by Crippen LogP contribution is 2.20. The van der Waals surface area contributed by atoms with Gasteiger partial charge < -0.3 is 5.32 Å². The molecule has 5 heteroatoms. The second-order valence-electron chi connectivity index (χ2n) is 5.48. The van der Waals surface area contributed by atoms with Crippen LogP contribution in [0.5, 0.6) is 0 Å². The molecule has 128 valence electrons. The Labute approximate surface area is 147 Å². The van der Waals surface area contributed by atoms with Crippen molar-refractivity contribution in [1.29, 1.82) is 0 Å². The Bertz CT molecular complexity index is 674. The number of carbonyl (C=O) groups excluding carboxylic acids is 1. The molecular weight excluding hydrogens is 327 g/mol. The molecule has 0 spiro atoms. The van der Waals surface area contributed by atoms with Crippen LogP contribution in [-0.4, -0.2) is 30.4 Å². The Balaban J connectivity index is 2.14. The summed E-state index contributed by atoms with van der Waals surface area (Å²) in [6, 6.07) is 14.1. The summed E-state index contributed by atoms with van der Waals surface area (Å²) >= 11 is 5.73. The van der Waals surface area contributed by atoms with Crippen molar-refractivity contribution in [2.45, 2.75) is 19.9 Å². The number of hydrogen-bond donors (Lipinski definition) is 1. The fourth-order valence-corrected chi connectivity index (χ4v) is 2.91. The summed E-state index contributed by atoms with van der Waals surface area (Å²) in [5.74, 6) is -1.05. The summed E-state index contributed by atoms with van der Waals surface area (Å²) in [7, 11) is 0. The van der Waals surface area contributed by atoms with Gasteiger partial charge in [0.2, 0.25) is 0 Å². The van der Waals surface area contributed by atoms with Crippen LogP contribution in [0.3, 0.4) is 0 Å². The van der Waals surface area contributed by atoms with Gasteiger partial charge in [-0.15, -0.1) is 0 Å². The zero-order valence-corrected chi connectivity index (χ0v) is 14.7. The lowest BCUT2D eigenvalue weighted by Gasteiger charge is -2.30. The molecule has 0 aromatic heterocycles. The summed E-state index contributed by atoms with van der Waals surface area (Å²) in [6.07, 6.45) is 0. The number of rotatable bonds is 7. The number of nitrogens with one attached hydrogen (secondary N) is 1. The molecule has 0 saturated heterocycles. The molecule has 2 rings (SSSR count). The van der Waals surface area contributed by atoms with Gasteiger partial charge in [-0.2, -0.15) is 0 Å². The van der Waals surface area contributed by atoms with E-state index in [-0.39, 0.29) is 16.6 Å². The fourth-order valence-electron chi connectivity index (χ4n) is 2.76. The monoisotopic (exact) mass is 348 g/mol. The minimum absolute atomic E-state index is 0.00533. The van der Waals surface area contributed by atoms with E-state index in [0.29, 0.717) is 6.54 Å². The van der Waals surface area contributed by atoms with Crippen molar-refractivity contribution in [3.63, 3.8) is 0 Å². The quantitative estimate of drug-likeness (QED) is 0.809. The number of carbonyl (C=O) groups is 1. The van der Waals surface area contributed by atoms with Gasteiger partial charge in [-0.25, -0.2) is 4.39 Å². The highest BCUT2D eigenvalue weighted by atomic mass is 35.5. The van der Waals surface area contributed by atoms with Crippen LogP contribution in [0.4, 0.5) is 4.39 Å². The molecule has 3 nitrogen and oxygen atoms in total. The zero-order valence-electron chi connectivity index (χ0n) is 13.9. The highest BCUT2D eigenvalue weighted by Gasteiger charge is 2.20. The molecule has 1 N–H and O–H groups in total. The third kappa shape index (κ3) is 4.56. The van der Waals surface area contributed by atoms with Crippen molar-refractivity contribution in [2.24, 2.45) is 0 Å². The standard InChI is InChI=1S/C19H22ClFN2O/c1-3-23(4-2)18(14-8-6-5-7-9-14)13-22-19(24)16-11-10-15(20)12-17(16)21/h5-12,18H,3-4,13H2,1-2H3,(H,22,24). The molecule has 0 aliphatic carbocycles. The second kappa shape index (κ2) is 8.81.